The van der Waals surface area contributed by atoms with Gasteiger partial charge in [0.25, 0.3) is 0 Å². The average molecular weight is 631 g/mol. The van der Waals surface area contributed by atoms with Crippen molar-refractivity contribution >= 4 is 29.3 Å². The van der Waals surface area contributed by atoms with Gasteiger partial charge < -0.3 is 34.3 Å². The minimum absolute atomic E-state index is 0.000249. The van der Waals surface area contributed by atoms with E-state index in [9.17, 15) is 39.3 Å². The van der Waals surface area contributed by atoms with Crippen LogP contribution in [0.3, 0.4) is 0 Å². The van der Waals surface area contributed by atoms with E-state index in [0.717, 1.165) is 6.92 Å². The minimum Gasteiger partial charge on any atom is -0.507 e. The van der Waals surface area contributed by atoms with Crippen molar-refractivity contribution in [2.45, 2.75) is 76.8 Å². The number of ether oxygens (including phenoxy) is 4. The number of ketones is 3. The third-order valence-electron chi connectivity index (χ3n) is 9.69. The number of phenolic OH excluding ortho intramolecular Hbond substituents is 3. The van der Waals surface area contributed by atoms with Crippen LogP contribution in [-0.4, -0.2) is 63.9 Å². The van der Waals surface area contributed by atoms with Gasteiger partial charge in [-0.3, -0.25) is 24.0 Å². The molecular weight excluding hydrogens is 600 g/mol. The van der Waals surface area contributed by atoms with E-state index in [0.29, 0.717) is 16.9 Å². The second kappa shape index (κ2) is 9.76. The highest BCUT2D eigenvalue weighted by molar-refractivity contribution is 6.31. The van der Waals surface area contributed by atoms with Gasteiger partial charge >= 0.3 is 11.9 Å². The van der Waals surface area contributed by atoms with Gasteiger partial charge in [-0.2, -0.15) is 0 Å². The SMILES string of the molecule is COC(=O)C[C@H]1Cc2cc3c(c(O)c2[C@H](C)O1)C(=O)C1CC3(OC(C)=O)c2c(O)c3c(c(O)c21)C(=O)C1=C(C=C(C)OC1C)C3=O. The highest BCUT2D eigenvalue weighted by atomic mass is 16.6. The number of carbonyl (C=O) groups excluding carboxylic acids is 5. The van der Waals surface area contributed by atoms with Gasteiger partial charge in [0, 0.05) is 35.6 Å². The molecule has 0 aromatic heterocycles. The number of hydrogen-bond donors (Lipinski definition) is 3. The number of rotatable bonds is 3. The molecule has 0 amide bonds. The van der Waals surface area contributed by atoms with Crippen LogP contribution in [0.5, 0.6) is 17.2 Å². The zero-order valence-electron chi connectivity index (χ0n) is 25.6. The van der Waals surface area contributed by atoms with Gasteiger partial charge in [-0.05, 0) is 44.9 Å². The van der Waals surface area contributed by atoms with E-state index in [1.165, 1.54) is 13.2 Å². The molecule has 7 rings (SSSR count). The lowest BCUT2D eigenvalue weighted by atomic mass is 9.73. The number of aromatic hydroxyl groups is 3. The molecule has 238 valence electrons. The largest absolute Gasteiger partial charge is 0.507 e. The Balaban J connectivity index is 1.50. The Morgan fingerprint density at radius 1 is 0.978 bits per heavy atom. The number of allylic oxidation sites excluding steroid dienone is 3. The molecule has 3 unspecified atom stereocenters. The van der Waals surface area contributed by atoms with Gasteiger partial charge in [-0.1, -0.05) is 0 Å². The number of benzene rings is 2. The maximum absolute atomic E-state index is 14.2. The van der Waals surface area contributed by atoms with Gasteiger partial charge in [0.2, 0.25) is 0 Å². The first-order chi connectivity index (χ1) is 21.7. The van der Waals surface area contributed by atoms with Crippen molar-refractivity contribution in [1.82, 2.24) is 0 Å². The van der Waals surface area contributed by atoms with Crippen LogP contribution in [0.2, 0.25) is 0 Å². The Morgan fingerprint density at radius 2 is 1.65 bits per heavy atom. The second-order valence-electron chi connectivity index (χ2n) is 12.4. The summed E-state index contributed by atoms with van der Waals surface area (Å²) in [5, 5.41) is 35.4. The molecule has 0 spiro atoms. The Bertz CT molecular complexity index is 1930. The topological polar surface area (TPSA) is 183 Å². The molecule has 0 saturated heterocycles. The monoisotopic (exact) mass is 630 g/mol. The number of carbonyl (C=O) groups is 5. The molecule has 12 heteroatoms. The number of phenols is 3. The number of hydrogen-bond acceptors (Lipinski definition) is 12. The van der Waals surface area contributed by atoms with Gasteiger partial charge in [0.1, 0.15) is 23.4 Å². The first-order valence-corrected chi connectivity index (χ1v) is 14.9. The average Bonchev–Trinajstić information content (AvgIpc) is 3.28. The van der Waals surface area contributed by atoms with E-state index in [1.54, 1.807) is 26.8 Å². The lowest BCUT2D eigenvalue weighted by Gasteiger charge is -2.38. The summed E-state index contributed by atoms with van der Waals surface area (Å²) in [7, 11) is 1.25. The summed E-state index contributed by atoms with van der Waals surface area (Å²) in [5.41, 5.74) is -2.56. The molecule has 2 aromatic carbocycles. The molecule has 2 aliphatic heterocycles. The predicted octanol–water partition coefficient (Wildman–Crippen LogP) is 3.86. The normalized spacial score (nSPS) is 27.1. The molecular formula is C34H30O12. The van der Waals surface area contributed by atoms with Gasteiger partial charge in [-0.25, -0.2) is 0 Å². The highest BCUT2D eigenvalue weighted by Gasteiger charge is 2.61. The molecule has 3 N–H and O–H groups in total. The first kappa shape index (κ1) is 29.7. The summed E-state index contributed by atoms with van der Waals surface area (Å²) < 4.78 is 22.4. The summed E-state index contributed by atoms with van der Waals surface area (Å²) in [6.07, 6.45) is -1.02. The van der Waals surface area contributed by atoms with Crippen LogP contribution in [0.15, 0.2) is 29.0 Å². The summed E-state index contributed by atoms with van der Waals surface area (Å²) in [4.78, 5) is 66.9. The van der Waals surface area contributed by atoms with Gasteiger partial charge in [0.05, 0.1) is 65.2 Å². The van der Waals surface area contributed by atoms with Crippen LogP contribution in [0.25, 0.3) is 0 Å². The third kappa shape index (κ3) is 3.73. The molecule has 46 heavy (non-hydrogen) atoms. The van der Waals surface area contributed by atoms with Gasteiger partial charge in [-0.15, -0.1) is 0 Å². The Kier molecular flexibility index (Phi) is 6.31. The lowest BCUT2D eigenvalue weighted by molar-refractivity contribution is -0.154. The molecule has 12 nitrogen and oxygen atoms in total. The molecule has 5 atom stereocenters. The lowest BCUT2D eigenvalue weighted by Crippen LogP contribution is -2.38. The number of methoxy groups -OCH3 is 1. The van der Waals surface area contributed by atoms with Crippen molar-refractivity contribution in [1.29, 1.82) is 0 Å². The second-order valence-corrected chi connectivity index (χ2v) is 12.4. The highest BCUT2D eigenvalue weighted by Crippen LogP contribution is 2.65. The maximum atomic E-state index is 14.2. The smallest absolute Gasteiger partial charge is 0.308 e. The van der Waals surface area contributed by atoms with Crippen molar-refractivity contribution in [2.75, 3.05) is 7.11 Å². The van der Waals surface area contributed by atoms with Crippen LogP contribution < -0.4 is 0 Å². The number of esters is 2. The molecule has 2 bridgehead atoms. The molecule has 0 saturated carbocycles. The fraction of sp³-hybridized carbons (Fsp3) is 0.382. The van der Waals surface area contributed by atoms with E-state index in [2.05, 4.69) is 0 Å². The predicted molar refractivity (Wildman–Crippen MR) is 156 cm³/mol. The van der Waals surface area contributed by atoms with E-state index >= 15 is 0 Å². The fourth-order valence-electron chi connectivity index (χ4n) is 8.06. The number of Topliss-reactive ketones (excluding diaryl/α,β-unsaturated/α-hetero) is 3. The van der Waals surface area contributed by atoms with Gasteiger partial charge in [0.15, 0.2) is 23.0 Å². The Morgan fingerprint density at radius 3 is 2.33 bits per heavy atom. The fourth-order valence-corrected chi connectivity index (χ4v) is 8.06. The number of fused-ring (bicyclic) bond motifs is 9. The van der Waals surface area contributed by atoms with Crippen LogP contribution in [0.4, 0.5) is 0 Å². The first-order valence-electron chi connectivity index (χ1n) is 14.9. The maximum Gasteiger partial charge on any atom is 0.308 e. The van der Waals surface area contributed by atoms with Crippen molar-refractivity contribution < 1.29 is 58.2 Å². The van der Waals surface area contributed by atoms with E-state index in [1.807, 2.05) is 0 Å². The van der Waals surface area contributed by atoms with Crippen molar-refractivity contribution in [2.24, 2.45) is 0 Å². The summed E-state index contributed by atoms with van der Waals surface area (Å²) in [5.74, 6) is -6.14. The summed E-state index contributed by atoms with van der Waals surface area (Å²) >= 11 is 0. The molecule has 0 fully saturated rings. The molecule has 2 heterocycles. The molecule has 3 aliphatic carbocycles. The van der Waals surface area contributed by atoms with Crippen LogP contribution in [0.1, 0.15) is 111 Å². The summed E-state index contributed by atoms with van der Waals surface area (Å²) in [6, 6.07) is 1.58. The molecule has 5 aliphatic rings. The minimum atomic E-state index is -1.93. The zero-order valence-corrected chi connectivity index (χ0v) is 25.6. The van der Waals surface area contributed by atoms with E-state index < -0.39 is 87.5 Å². The standard InChI is InChI=1S/C34H30O12/c1-11-6-17-22(13(3)44-11)31(40)26-25(28(17)37)33(42)27-23(32(26)41)18-10-34(27,46-14(4)35)19-8-15-7-16(9-20(36)43-5)45-12(2)21(15)30(39)24(19)29(18)38/h6,8,12-13,16,18,39,41-42H,7,9-10H2,1-5H3/t12-,13?,16+,18?,34?/m0/s1. The van der Waals surface area contributed by atoms with Crippen LogP contribution in [-0.2, 0) is 40.6 Å². The Labute approximate surface area is 262 Å². The molecule has 2 aromatic rings. The van der Waals surface area contributed by atoms with Crippen LogP contribution >= 0.6 is 0 Å². The molecule has 0 radical (unpaired) electrons. The summed E-state index contributed by atoms with van der Waals surface area (Å²) in [6.45, 7) is 5.99. The van der Waals surface area contributed by atoms with Crippen molar-refractivity contribution in [3.8, 4) is 17.2 Å². The Hall–Kier alpha value is -4.97. The van der Waals surface area contributed by atoms with Crippen molar-refractivity contribution in [3.63, 3.8) is 0 Å². The zero-order chi connectivity index (χ0) is 33.1. The van der Waals surface area contributed by atoms with E-state index in [-0.39, 0.29) is 52.7 Å². The van der Waals surface area contributed by atoms with Crippen LogP contribution in [0, 0.1) is 0 Å². The third-order valence-corrected chi connectivity index (χ3v) is 9.69. The quantitative estimate of drug-likeness (QED) is 0.329. The van der Waals surface area contributed by atoms with Crippen molar-refractivity contribution in [3.05, 3.63) is 73.6 Å². The van der Waals surface area contributed by atoms with E-state index in [4.69, 9.17) is 18.9 Å².